The molecule has 2 saturated heterocycles. The summed E-state index contributed by atoms with van der Waals surface area (Å²) in [4.78, 5) is 139. The number of hydrogen-bond acceptors (Lipinski definition) is 16. The van der Waals surface area contributed by atoms with E-state index in [0.717, 1.165) is 0 Å². The van der Waals surface area contributed by atoms with Gasteiger partial charge in [-0.3, -0.25) is 72.5 Å². The van der Waals surface area contributed by atoms with E-state index < -0.39 is 96.5 Å². The van der Waals surface area contributed by atoms with Gasteiger partial charge in [0.15, 0.2) is 5.96 Å². The Bertz CT molecular complexity index is 2080. The van der Waals surface area contributed by atoms with Crippen molar-refractivity contribution in [1.82, 2.24) is 51.5 Å². The topological polar surface area (TPSA) is 421 Å². The van der Waals surface area contributed by atoms with Gasteiger partial charge < -0.3 is 68.9 Å². The molecule has 0 saturated carbocycles. The molecule has 2 fully saturated rings. The highest BCUT2D eigenvalue weighted by atomic mass is 127. The van der Waals surface area contributed by atoms with Crippen LogP contribution < -0.4 is 43.4 Å². The maximum atomic E-state index is 14.2. The SMILES string of the molecule is NC(N)=NCCC[C@@H]1NC(=O)[C@H](CCCCNC(=O)CN2CCN(CC(=O)O)CCN(CC(=O)O)CCN(CC(=O)O)CC2)NC(=O)[C@H](Cc2ccc(O)c([127I])c2)NC(=O)[C@H](CC(=O)O)NC(=O)CNC1=O. The van der Waals surface area contributed by atoms with Crippen molar-refractivity contribution in [3.63, 3.8) is 0 Å². The van der Waals surface area contributed by atoms with Gasteiger partial charge in [-0.2, -0.15) is 0 Å². The van der Waals surface area contributed by atoms with Crippen molar-refractivity contribution in [2.75, 3.05) is 98.2 Å². The van der Waals surface area contributed by atoms with E-state index in [1.807, 2.05) is 22.6 Å². The predicted octanol–water partition coefficient (Wildman–Crippen LogP) is -5.10. The molecule has 1 aromatic rings. The Morgan fingerprint density at radius 2 is 1.10 bits per heavy atom. The summed E-state index contributed by atoms with van der Waals surface area (Å²) in [5.74, 6) is -9.97. The molecule has 2 aliphatic heterocycles. The number of guanidine groups is 1. The molecular weight excluding hydrogens is 1070 g/mol. The Labute approximate surface area is 428 Å². The molecule has 4 atom stereocenters. The summed E-state index contributed by atoms with van der Waals surface area (Å²) in [6.45, 7) is -0.0789. The number of carboxylic acid groups (broad SMARTS) is 4. The fourth-order valence-electron chi connectivity index (χ4n) is 7.65. The molecule has 0 aliphatic carbocycles. The van der Waals surface area contributed by atoms with Crippen LogP contribution in [-0.4, -0.2) is 233 Å². The lowest BCUT2D eigenvalue weighted by Crippen LogP contribution is -2.58. The first-order chi connectivity index (χ1) is 34.1. The zero-order valence-electron chi connectivity index (χ0n) is 39.7. The standard InChI is InChI=1S/C43H66IN13O15/c44-27-18-26(6-7-32(27)58)19-30-41(71)52-29(40(70)51-28(5-3-9-48-43(45)46)39(69)49-21-33(59)50-31(20-35(61)62)42(72)53-30)4-1-2-8-47-34(60)22-54-10-12-55(23-36(63)64)14-16-57(25-38(67)68)17-15-56(13-11-54)24-37(65)66/h6-7,18,28-31,58H,1-5,8-17,19-25H2,(H,47,60)(H,49,69)(H,50,59)(H,51,70)(H,52,71)(H,53,72)(H,61,62)(H,63,64)(H,65,66)(H,67,68)(H4,45,46,48)/t28-,29-,30-,31-/m0/s1/i44+0. The van der Waals surface area contributed by atoms with Gasteiger partial charge >= 0.3 is 23.9 Å². The number of hydrogen-bond donors (Lipinski definition) is 13. The summed E-state index contributed by atoms with van der Waals surface area (Å²) in [7, 11) is 0. The molecular formula is C43H66IN13O15. The number of aliphatic carboxylic acids is 4. The Balaban J connectivity index is 1.82. The smallest absolute Gasteiger partial charge is 0.317 e. The number of nitrogens with zero attached hydrogens (tertiary/aromatic N) is 5. The number of phenols is 1. The van der Waals surface area contributed by atoms with Crippen LogP contribution in [0.2, 0.25) is 0 Å². The molecule has 28 nitrogen and oxygen atoms in total. The summed E-state index contributed by atoms with van der Waals surface area (Å²) in [5, 5.41) is 63.4. The Morgan fingerprint density at radius 3 is 1.60 bits per heavy atom. The number of aliphatic imine (C=N–C) groups is 1. The first-order valence-electron chi connectivity index (χ1n) is 23.1. The van der Waals surface area contributed by atoms with Crippen LogP contribution in [0.1, 0.15) is 44.1 Å². The molecule has 0 spiro atoms. The van der Waals surface area contributed by atoms with Crippen molar-refractivity contribution >= 4 is 87.9 Å². The zero-order valence-corrected chi connectivity index (χ0v) is 41.8. The van der Waals surface area contributed by atoms with Gasteiger partial charge in [-0.1, -0.05) is 6.07 Å². The highest BCUT2D eigenvalue weighted by molar-refractivity contribution is 14.1. The molecule has 0 radical (unpaired) electrons. The van der Waals surface area contributed by atoms with E-state index in [9.17, 15) is 73.5 Å². The maximum absolute atomic E-state index is 14.2. The van der Waals surface area contributed by atoms with Gasteiger partial charge in [0.1, 0.15) is 29.9 Å². The second-order valence-electron chi connectivity index (χ2n) is 17.2. The number of unbranched alkanes of at least 4 members (excludes halogenated alkanes) is 1. The Morgan fingerprint density at radius 1 is 0.625 bits per heavy atom. The summed E-state index contributed by atoms with van der Waals surface area (Å²) in [6, 6.07) is -1.41. The van der Waals surface area contributed by atoms with Crippen LogP contribution in [0.5, 0.6) is 5.75 Å². The minimum atomic E-state index is -1.70. The number of carbonyl (C=O) groups is 10. The quantitative estimate of drug-likeness (QED) is 0.0237. The van der Waals surface area contributed by atoms with E-state index in [0.29, 0.717) is 9.13 Å². The van der Waals surface area contributed by atoms with Gasteiger partial charge in [0, 0.05) is 71.9 Å². The number of nitrogens with one attached hydrogen (secondary N) is 6. The van der Waals surface area contributed by atoms with Crippen LogP contribution in [-0.2, 0) is 54.4 Å². The van der Waals surface area contributed by atoms with Gasteiger partial charge in [-0.05, 0) is 72.4 Å². The third kappa shape index (κ3) is 23.6. The fraction of sp³-hybridized carbons (Fsp3) is 0.605. The molecule has 29 heteroatoms. The van der Waals surface area contributed by atoms with Gasteiger partial charge in [0.2, 0.25) is 35.4 Å². The maximum Gasteiger partial charge on any atom is 0.317 e. The molecule has 0 bridgehead atoms. The predicted molar refractivity (Wildman–Crippen MR) is 263 cm³/mol. The lowest BCUT2D eigenvalue weighted by Gasteiger charge is -2.32. The number of carbonyl (C=O) groups excluding carboxylic acids is 6. The third-order valence-electron chi connectivity index (χ3n) is 11.4. The molecule has 0 unspecified atom stereocenters. The van der Waals surface area contributed by atoms with Crippen molar-refractivity contribution in [3.8, 4) is 5.75 Å². The number of benzene rings is 1. The molecule has 15 N–H and O–H groups in total. The van der Waals surface area contributed by atoms with Crippen molar-refractivity contribution < 1.29 is 73.5 Å². The summed E-state index contributed by atoms with van der Waals surface area (Å²) in [5.41, 5.74) is 11.3. The first-order valence-corrected chi connectivity index (χ1v) is 24.2. The number of aromatic hydroxyl groups is 1. The molecule has 1 aromatic carbocycles. The number of amides is 6. The second kappa shape index (κ2) is 31.1. The number of rotatable bonds is 21. The molecule has 6 amide bonds. The van der Waals surface area contributed by atoms with Crippen LogP contribution in [0.15, 0.2) is 23.2 Å². The van der Waals surface area contributed by atoms with Gasteiger partial charge in [0.25, 0.3) is 0 Å². The number of phenolic OH excluding ortho intramolecular Hbond substituents is 1. The normalized spacial score (nSPS) is 21.1. The molecule has 0 aromatic heterocycles. The number of carboxylic acids is 4. The van der Waals surface area contributed by atoms with Crippen LogP contribution in [0.25, 0.3) is 0 Å². The highest BCUT2D eigenvalue weighted by Crippen LogP contribution is 2.21. The highest BCUT2D eigenvalue weighted by Gasteiger charge is 2.33. The van der Waals surface area contributed by atoms with Gasteiger partial charge in [0.05, 0.1) is 42.7 Å². The van der Waals surface area contributed by atoms with Gasteiger partial charge in [-0.25, -0.2) is 0 Å². The second-order valence-corrected chi connectivity index (χ2v) is 18.4. The van der Waals surface area contributed by atoms with Crippen LogP contribution in [0.3, 0.4) is 0 Å². The summed E-state index contributed by atoms with van der Waals surface area (Å²) < 4.78 is 0.410. The average Bonchev–Trinajstić information content (AvgIpc) is 3.29. The van der Waals surface area contributed by atoms with E-state index in [-0.39, 0.29) is 142 Å². The minimum absolute atomic E-state index is 0.0376. The van der Waals surface area contributed by atoms with Crippen LogP contribution >= 0.6 is 22.6 Å². The first kappa shape index (κ1) is 59.9. The average molecular weight is 1130 g/mol. The largest absolute Gasteiger partial charge is 0.507 e. The van der Waals surface area contributed by atoms with Crippen LogP contribution in [0.4, 0.5) is 0 Å². The monoisotopic (exact) mass is 1130 g/mol. The van der Waals surface area contributed by atoms with Crippen molar-refractivity contribution in [1.29, 1.82) is 0 Å². The van der Waals surface area contributed by atoms with E-state index >= 15 is 0 Å². The Kier molecular flexibility index (Phi) is 25.9. The molecule has 2 aliphatic rings. The molecule has 2 heterocycles. The number of nitrogens with two attached hydrogens (primary N) is 2. The van der Waals surface area contributed by atoms with Crippen molar-refractivity contribution in [2.45, 2.75) is 69.1 Å². The van der Waals surface area contributed by atoms with Crippen LogP contribution in [0, 0.1) is 3.57 Å². The van der Waals surface area contributed by atoms with E-state index in [1.165, 1.54) is 12.1 Å². The zero-order chi connectivity index (χ0) is 53.3. The lowest BCUT2D eigenvalue weighted by atomic mass is 10.0. The van der Waals surface area contributed by atoms with Gasteiger partial charge in [-0.15, -0.1) is 0 Å². The van der Waals surface area contributed by atoms with E-state index in [1.54, 1.807) is 25.7 Å². The van der Waals surface area contributed by atoms with E-state index in [4.69, 9.17) is 11.5 Å². The van der Waals surface area contributed by atoms with Crippen molar-refractivity contribution in [3.05, 3.63) is 27.3 Å². The Hall–Kier alpha value is -6.44. The number of halogens is 1. The molecule has 72 heavy (non-hydrogen) atoms. The molecule has 3 rings (SSSR count). The molecule has 400 valence electrons. The lowest BCUT2D eigenvalue weighted by molar-refractivity contribution is -0.141. The fourth-order valence-corrected chi connectivity index (χ4v) is 8.23. The summed E-state index contributed by atoms with van der Waals surface area (Å²) in [6.07, 6.45) is -0.576. The van der Waals surface area contributed by atoms with Crippen molar-refractivity contribution in [2.24, 2.45) is 16.5 Å². The van der Waals surface area contributed by atoms with E-state index in [2.05, 4.69) is 36.9 Å². The third-order valence-corrected chi connectivity index (χ3v) is 12.2. The minimum Gasteiger partial charge on any atom is -0.507 e. The summed E-state index contributed by atoms with van der Waals surface area (Å²) >= 11 is 1.86.